The van der Waals surface area contributed by atoms with Crippen LogP contribution < -0.4 is 0 Å². The van der Waals surface area contributed by atoms with Crippen molar-refractivity contribution in [1.82, 2.24) is 9.55 Å². The molecule has 0 fully saturated rings. The lowest BCUT2D eigenvalue weighted by molar-refractivity contribution is 0.296. The van der Waals surface area contributed by atoms with Gasteiger partial charge in [0.15, 0.2) is 9.04 Å². The first-order valence-corrected chi connectivity index (χ1v) is 10.7. The van der Waals surface area contributed by atoms with Crippen molar-refractivity contribution in [2.75, 3.05) is 0 Å². The molecule has 0 radical (unpaired) electrons. The third-order valence-electron chi connectivity index (χ3n) is 3.68. The Labute approximate surface area is 140 Å². The molecule has 0 spiro atoms. The zero-order valence-corrected chi connectivity index (χ0v) is 15.8. The Balaban J connectivity index is 2.32. The van der Waals surface area contributed by atoms with Gasteiger partial charge in [0, 0.05) is 23.9 Å². The van der Waals surface area contributed by atoms with Crippen molar-refractivity contribution in [3.8, 4) is 6.07 Å². The van der Waals surface area contributed by atoms with E-state index in [0.29, 0.717) is 12.2 Å². The summed E-state index contributed by atoms with van der Waals surface area (Å²) in [5, 5.41) is 8.92. The Bertz CT molecular complexity index is 691. The molecule has 2 aromatic rings. The normalized spacial score (nSPS) is 11.7. The Morgan fingerprint density at radius 2 is 1.87 bits per heavy atom. The average molecular weight is 328 g/mol. The number of rotatable bonds is 5. The van der Waals surface area contributed by atoms with Gasteiger partial charge in [0.05, 0.1) is 18.2 Å². The van der Waals surface area contributed by atoms with Crippen LogP contribution in [0.25, 0.3) is 0 Å². The van der Waals surface area contributed by atoms with E-state index in [1.807, 2.05) is 30.5 Å². The number of aromatic nitrogens is 2. The summed E-state index contributed by atoms with van der Waals surface area (Å²) in [7, 11) is -1.08. The number of nitriles is 1. The molecule has 0 aliphatic carbocycles. The lowest BCUT2D eigenvalue weighted by atomic mass is 9.92. The van der Waals surface area contributed by atoms with Gasteiger partial charge in [0.2, 0.25) is 0 Å². The predicted molar refractivity (Wildman–Crippen MR) is 94.9 cm³/mol. The lowest BCUT2D eigenvalue weighted by Gasteiger charge is -2.22. The molecule has 0 amide bonds. The van der Waals surface area contributed by atoms with Crippen LogP contribution in [0.2, 0.25) is 13.1 Å². The van der Waals surface area contributed by atoms with E-state index < -0.39 is 9.04 Å². The van der Waals surface area contributed by atoms with Crippen LogP contribution in [-0.4, -0.2) is 18.6 Å². The average Bonchev–Trinajstić information content (AvgIpc) is 2.89. The van der Waals surface area contributed by atoms with Crippen LogP contribution in [0.5, 0.6) is 0 Å². The van der Waals surface area contributed by atoms with Crippen LogP contribution in [-0.2, 0) is 23.0 Å². The molecule has 0 aliphatic rings. The lowest BCUT2D eigenvalue weighted by Crippen LogP contribution is -2.20. The summed E-state index contributed by atoms with van der Waals surface area (Å²) in [6.45, 7) is 12.2. The summed E-state index contributed by atoms with van der Waals surface area (Å²) in [5.41, 5.74) is 3.07. The fraction of sp³-hybridized carbons (Fsp3) is 0.444. The molecule has 0 atom stereocenters. The quantitative estimate of drug-likeness (QED) is 0.788. The molecule has 0 saturated heterocycles. The van der Waals surface area contributed by atoms with Gasteiger partial charge < -0.3 is 8.99 Å². The summed E-state index contributed by atoms with van der Waals surface area (Å²) < 4.78 is 8.13. The molecule has 2 rings (SSSR count). The molecule has 23 heavy (non-hydrogen) atoms. The van der Waals surface area contributed by atoms with Crippen LogP contribution in [0.15, 0.2) is 30.5 Å². The summed E-state index contributed by atoms with van der Waals surface area (Å²) in [5.74, 6) is 0.973. The molecule has 5 heteroatoms. The van der Waals surface area contributed by atoms with Gasteiger partial charge in [-0.05, 0) is 30.8 Å². The van der Waals surface area contributed by atoms with Crippen molar-refractivity contribution in [2.45, 2.75) is 52.4 Å². The first kappa shape index (κ1) is 17.5. The maximum absolute atomic E-state index is 8.92. The number of hydrogen-bond acceptors (Lipinski definition) is 3. The summed E-state index contributed by atoms with van der Waals surface area (Å²) >= 11 is 0. The zero-order valence-electron chi connectivity index (χ0n) is 14.6. The van der Waals surface area contributed by atoms with E-state index in [9.17, 15) is 0 Å². The number of benzene rings is 1. The highest BCUT2D eigenvalue weighted by Crippen LogP contribution is 2.25. The van der Waals surface area contributed by atoms with Crippen molar-refractivity contribution >= 4 is 9.04 Å². The number of hydrogen-bond donors (Lipinski definition) is 0. The fourth-order valence-corrected chi connectivity index (χ4v) is 2.90. The SMILES string of the molecule is C[SiH](C)OCc1ncc(C(C)(C)C)n1Cc1ccc(C#N)cc1. The van der Waals surface area contributed by atoms with Gasteiger partial charge >= 0.3 is 0 Å². The third kappa shape index (κ3) is 4.53. The first-order valence-electron chi connectivity index (χ1n) is 7.97. The van der Waals surface area contributed by atoms with Crippen molar-refractivity contribution in [1.29, 1.82) is 5.26 Å². The molecule has 1 heterocycles. The molecule has 0 saturated carbocycles. The smallest absolute Gasteiger partial charge is 0.171 e. The van der Waals surface area contributed by atoms with E-state index in [0.717, 1.165) is 17.9 Å². The van der Waals surface area contributed by atoms with Gasteiger partial charge in [-0.25, -0.2) is 4.98 Å². The Hall–Kier alpha value is -1.90. The van der Waals surface area contributed by atoms with Crippen molar-refractivity contribution in [2.24, 2.45) is 0 Å². The van der Waals surface area contributed by atoms with Crippen LogP contribution in [0.3, 0.4) is 0 Å². The molecule has 4 nitrogen and oxygen atoms in total. The molecular weight excluding hydrogens is 302 g/mol. The van der Waals surface area contributed by atoms with Gasteiger partial charge in [0.1, 0.15) is 5.82 Å². The van der Waals surface area contributed by atoms with Crippen LogP contribution in [0.4, 0.5) is 0 Å². The maximum Gasteiger partial charge on any atom is 0.171 e. The Kier molecular flexibility index (Phi) is 5.40. The summed E-state index contributed by atoms with van der Waals surface area (Å²) in [6.07, 6.45) is 1.96. The highest BCUT2D eigenvalue weighted by molar-refractivity contribution is 6.48. The van der Waals surface area contributed by atoms with Crippen molar-refractivity contribution in [3.05, 3.63) is 53.1 Å². The van der Waals surface area contributed by atoms with Gasteiger partial charge in [-0.3, -0.25) is 0 Å². The molecule has 1 aromatic carbocycles. The molecular formula is C18H25N3OSi. The monoisotopic (exact) mass is 327 g/mol. The van der Waals surface area contributed by atoms with Crippen molar-refractivity contribution < 1.29 is 4.43 Å². The number of imidazole rings is 1. The van der Waals surface area contributed by atoms with E-state index in [1.54, 1.807) is 0 Å². The van der Waals surface area contributed by atoms with E-state index >= 15 is 0 Å². The Morgan fingerprint density at radius 3 is 2.39 bits per heavy atom. The topological polar surface area (TPSA) is 50.8 Å². The molecule has 0 N–H and O–H groups in total. The second-order valence-electron chi connectivity index (χ2n) is 7.06. The summed E-state index contributed by atoms with van der Waals surface area (Å²) in [6, 6.07) is 9.89. The van der Waals surface area contributed by atoms with E-state index in [4.69, 9.17) is 9.69 Å². The summed E-state index contributed by atoms with van der Waals surface area (Å²) in [4.78, 5) is 4.59. The largest absolute Gasteiger partial charge is 0.413 e. The van der Waals surface area contributed by atoms with E-state index in [-0.39, 0.29) is 5.41 Å². The first-order chi connectivity index (χ1) is 10.8. The third-order valence-corrected chi connectivity index (χ3v) is 4.51. The van der Waals surface area contributed by atoms with Gasteiger partial charge in [-0.2, -0.15) is 5.26 Å². The van der Waals surface area contributed by atoms with Crippen molar-refractivity contribution in [3.63, 3.8) is 0 Å². The minimum absolute atomic E-state index is 0.0209. The predicted octanol–water partition coefficient (Wildman–Crippen LogP) is 3.60. The second-order valence-corrected chi connectivity index (χ2v) is 9.50. The second kappa shape index (κ2) is 7.11. The van der Waals surface area contributed by atoms with E-state index in [2.05, 4.69) is 49.5 Å². The minimum atomic E-state index is -1.08. The van der Waals surface area contributed by atoms with Gasteiger partial charge in [0.25, 0.3) is 0 Å². The molecule has 0 unspecified atom stereocenters. The van der Waals surface area contributed by atoms with Gasteiger partial charge in [-0.15, -0.1) is 0 Å². The highest BCUT2D eigenvalue weighted by Gasteiger charge is 2.22. The fourth-order valence-electron chi connectivity index (χ4n) is 2.41. The van der Waals surface area contributed by atoms with Gasteiger partial charge in [-0.1, -0.05) is 32.9 Å². The maximum atomic E-state index is 8.92. The highest BCUT2D eigenvalue weighted by atomic mass is 28.3. The van der Waals surface area contributed by atoms with E-state index in [1.165, 1.54) is 5.69 Å². The molecule has 1 aromatic heterocycles. The Morgan fingerprint density at radius 1 is 1.22 bits per heavy atom. The van der Waals surface area contributed by atoms with Crippen LogP contribution in [0, 0.1) is 11.3 Å². The molecule has 0 bridgehead atoms. The molecule has 122 valence electrons. The molecule has 0 aliphatic heterocycles. The number of nitrogens with zero attached hydrogens (tertiary/aromatic N) is 3. The zero-order chi connectivity index (χ0) is 17.0. The standard InChI is InChI=1S/C18H25N3OSi/c1-18(2,3)16-11-20-17(13-22-23(4)5)21(16)12-15-8-6-14(10-19)7-9-15/h6-9,11,23H,12-13H2,1-5H3. The van der Waals surface area contributed by atoms with Crippen LogP contribution >= 0.6 is 0 Å². The minimum Gasteiger partial charge on any atom is -0.413 e. The van der Waals surface area contributed by atoms with Crippen LogP contribution in [0.1, 0.15) is 43.4 Å².